The maximum absolute atomic E-state index is 13.2. The lowest BCUT2D eigenvalue weighted by molar-refractivity contribution is -0.124. The molecule has 0 aliphatic carbocycles. The van der Waals surface area contributed by atoms with Gasteiger partial charge >= 0.3 is 0 Å². The third-order valence-corrected chi connectivity index (χ3v) is 14.8. The lowest BCUT2D eigenvalue weighted by Crippen LogP contribution is -2.48. The molecule has 0 spiro atoms. The SMILES string of the molecule is COc1ccc(CO[C@@H](CC[C@@H](C)[C@H](O[Si](C)(C)C(C)(C)C)[C@H](C)COCc2ccccc2)CC(=O)C[C@@H](O)CCC#C[Si](C)(C)C)cc1. The summed E-state index contributed by atoms with van der Waals surface area (Å²) in [4.78, 5) is 13.2. The van der Waals surface area contributed by atoms with Gasteiger partial charge in [-0.2, -0.15) is 0 Å². The van der Waals surface area contributed by atoms with Crippen molar-refractivity contribution in [3.05, 3.63) is 65.7 Å². The maximum atomic E-state index is 13.2. The molecule has 0 aliphatic heterocycles. The van der Waals surface area contributed by atoms with E-state index in [1.807, 2.05) is 42.5 Å². The molecule has 6 nitrogen and oxygen atoms in total. The molecule has 0 radical (unpaired) electrons. The number of methoxy groups -OCH3 is 1. The number of aliphatic hydroxyl groups is 1. The first-order valence-electron chi connectivity index (χ1n) is 18.1. The van der Waals surface area contributed by atoms with Gasteiger partial charge in [-0.05, 0) is 66.6 Å². The van der Waals surface area contributed by atoms with Crippen LogP contribution in [-0.2, 0) is 31.9 Å². The Morgan fingerprint density at radius 1 is 0.837 bits per heavy atom. The Labute approximate surface area is 300 Å². The van der Waals surface area contributed by atoms with Crippen LogP contribution >= 0.6 is 0 Å². The van der Waals surface area contributed by atoms with Crippen LogP contribution in [-0.4, -0.2) is 59.3 Å². The van der Waals surface area contributed by atoms with E-state index < -0.39 is 22.5 Å². The largest absolute Gasteiger partial charge is 0.497 e. The highest BCUT2D eigenvalue weighted by atomic mass is 28.4. The first-order valence-corrected chi connectivity index (χ1v) is 24.5. The van der Waals surface area contributed by atoms with E-state index in [4.69, 9.17) is 18.6 Å². The van der Waals surface area contributed by atoms with Crippen LogP contribution in [0.25, 0.3) is 0 Å². The van der Waals surface area contributed by atoms with Crippen molar-refractivity contribution < 1.29 is 28.5 Å². The number of Topliss-reactive ketones (excluding diaryl/α,β-unsaturated/α-hetero) is 1. The van der Waals surface area contributed by atoms with E-state index in [1.54, 1.807) is 7.11 Å². The number of carbonyl (C=O) groups excluding carboxylic acids is 1. The molecule has 0 aromatic heterocycles. The number of aliphatic hydroxyl groups excluding tert-OH is 1. The minimum Gasteiger partial charge on any atom is -0.497 e. The Bertz CT molecular complexity index is 1290. The summed E-state index contributed by atoms with van der Waals surface area (Å²) in [7, 11) is -1.87. The van der Waals surface area contributed by atoms with Crippen molar-refractivity contribution in [1.82, 2.24) is 0 Å². The molecule has 2 aromatic rings. The average Bonchev–Trinajstić information content (AvgIpc) is 3.02. The van der Waals surface area contributed by atoms with Crippen molar-refractivity contribution in [1.29, 1.82) is 0 Å². The summed E-state index contributed by atoms with van der Waals surface area (Å²) in [6.45, 7) is 24.1. The first kappa shape index (κ1) is 42.9. The van der Waals surface area contributed by atoms with E-state index >= 15 is 0 Å². The molecule has 0 saturated heterocycles. The standard InChI is InChI=1S/C41H66O6Si2/c1-32(40(47-49(10,11)41(3,4)5)33(2)29-45-30-34-17-13-12-14-18-34)20-23-39(46-31-35-21-24-38(44-6)25-22-35)28-37(43)27-36(42)19-15-16-26-48(7,8)9/h12-14,17-18,21-22,24-25,32-33,36,39-40,42H,15,19-20,23,27-31H2,1-11H3/t32-,33-,36+,39+,40+/m1/s1. The molecule has 0 aliphatic rings. The number of benzene rings is 2. The van der Waals surface area contributed by atoms with Gasteiger partial charge in [-0.15, -0.1) is 11.5 Å². The van der Waals surface area contributed by atoms with Crippen LogP contribution in [0.1, 0.15) is 84.3 Å². The molecule has 1 N–H and O–H groups in total. The lowest BCUT2D eigenvalue weighted by atomic mass is 9.89. The number of carbonyl (C=O) groups is 1. The predicted molar refractivity (Wildman–Crippen MR) is 208 cm³/mol. The fourth-order valence-electron chi connectivity index (χ4n) is 5.40. The van der Waals surface area contributed by atoms with E-state index in [0.29, 0.717) is 32.7 Å². The highest BCUT2D eigenvalue weighted by molar-refractivity contribution is 6.83. The zero-order valence-corrected chi connectivity index (χ0v) is 34.4. The van der Waals surface area contributed by atoms with Gasteiger partial charge in [0.1, 0.15) is 19.6 Å². The first-order chi connectivity index (χ1) is 22.9. The fraction of sp³-hybridized carbons (Fsp3) is 0.634. The topological polar surface area (TPSA) is 74.2 Å². The molecule has 0 amide bonds. The van der Waals surface area contributed by atoms with Gasteiger partial charge in [-0.1, -0.05) is 96.7 Å². The highest BCUT2D eigenvalue weighted by Gasteiger charge is 2.41. The second-order valence-electron chi connectivity index (χ2n) is 16.3. The average molecular weight is 711 g/mol. The summed E-state index contributed by atoms with van der Waals surface area (Å²) in [5.41, 5.74) is 5.52. The smallest absolute Gasteiger partial charge is 0.192 e. The van der Waals surface area contributed by atoms with Crippen LogP contribution in [0.2, 0.25) is 37.8 Å². The van der Waals surface area contributed by atoms with E-state index in [1.165, 1.54) is 0 Å². The molecule has 0 saturated carbocycles. The Morgan fingerprint density at radius 3 is 2.06 bits per heavy atom. The third kappa shape index (κ3) is 17.0. The van der Waals surface area contributed by atoms with Gasteiger partial charge in [0.05, 0.1) is 45.2 Å². The quantitative estimate of drug-likeness (QED) is 0.103. The van der Waals surface area contributed by atoms with Crippen LogP contribution in [0.5, 0.6) is 5.75 Å². The van der Waals surface area contributed by atoms with Crippen molar-refractivity contribution in [2.75, 3.05) is 13.7 Å². The summed E-state index contributed by atoms with van der Waals surface area (Å²) in [5, 5.41) is 10.7. The van der Waals surface area contributed by atoms with Crippen LogP contribution < -0.4 is 4.74 Å². The molecule has 0 heterocycles. The second-order valence-corrected chi connectivity index (χ2v) is 25.9. The molecule has 5 atom stereocenters. The molecule has 2 aromatic carbocycles. The monoisotopic (exact) mass is 710 g/mol. The molecule has 0 unspecified atom stereocenters. The Kier molecular flexibility index (Phi) is 18.0. The van der Waals surface area contributed by atoms with Crippen molar-refractivity contribution in [3.63, 3.8) is 0 Å². The fourth-order valence-corrected chi connectivity index (χ4v) is 7.56. The summed E-state index contributed by atoms with van der Waals surface area (Å²) in [6.07, 6.45) is 2.12. The van der Waals surface area contributed by atoms with Crippen LogP contribution in [0.15, 0.2) is 54.6 Å². The summed E-state index contributed by atoms with van der Waals surface area (Å²) in [6, 6.07) is 18.1. The molecule has 0 bridgehead atoms. The Balaban J connectivity index is 2.13. The number of rotatable bonds is 21. The number of ether oxygens (including phenoxy) is 3. The van der Waals surface area contributed by atoms with Crippen LogP contribution in [0, 0.1) is 23.3 Å². The number of hydrogen-bond donors (Lipinski definition) is 1. The highest BCUT2D eigenvalue weighted by Crippen LogP contribution is 2.40. The predicted octanol–water partition coefficient (Wildman–Crippen LogP) is 9.61. The van der Waals surface area contributed by atoms with Gasteiger partial charge in [0, 0.05) is 25.2 Å². The normalized spacial score (nSPS) is 15.4. The summed E-state index contributed by atoms with van der Waals surface area (Å²) >= 11 is 0. The van der Waals surface area contributed by atoms with E-state index in [9.17, 15) is 9.90 Å². The number of ketones is 1. The van der Waals surface area contributed by atoms with Crippen LogP contribution in [0.3, 0.4) is 0 Å². The van der Waals surface area contributed by atoms with E-state index in [2.05, 4.69) is 91.0 Å². The summed E-state index contributed by atoms with van der Waals surface area (Å²) < 4.78 is 25.1. The Morgan fingerprint density at radius 2 is 1.47 bits per heavy atom. The van der Waals surface area contributed by atoms with Gasteiger partial charge in [0.2, 0.25) is 0 Å². The van der Waals surface area contributed by atoms with Gasteiger partial charge in [-0.3, -0.25) is 4.79 Å². The van der Waals surface area contributed by atoms with Crippen molar-refractivity contribution in [2.24, 2.45) is 11.8 Å². The van der Waals surface area contributed by atoms with Crippen molar-refractivity contribution in [2.45, 2.75) is 142 Å². The lowest BCUT2D eigenvalue weighted by Gasteiger charge is -2.43. The zero-order chi connectivity index (χ0) is 36.7. The minimum absolute atomic E-state index is 0.00805. The van der Waals surface area contributed by atoms with E-state index in [0.717, 1.165) is 29.7 Å². The summed E-state index contributed by atoms with van der Waals surface area (Å²) in [5.74, 6) is 4.43. The molecule has 8 heteroatoms. The van der Waals surface area contributed by atoms with E-state index in [-0.39, 0.29) is 47.7 Å². The molecular formula is C41H66O6Si2. The zero-order valence-electron chi connectivity index (χ0n) is 32.4. The van der Waals surface area contributed by atoms with Gasteiger partial charge in [0.15, 0.2) is 8.32 Å². The molecule has 0 fully saturated rings. The van der Waals surface area contributed by atoms with Gasteiger partial charge in [0.25, 0.3) is 0 Å². The third-order valence-electron chi connectivity index (χ3n) is 9.42. The molecule has 49 heavy (non-hydrogen) atoms. The minimum atomic E-state index is -2.08. The maximum Gasteiger partial charge on any atom is 0.192 e. The van der Waals surface area contributed by atoms with Crippen molar-refractivity contribution >= 4 is 22.2 Å². The molecule has 274 valence electrons. The second kappa shape index (κ2) is 20.6. The van der Waals surface area contributed by atoms with Gasteiger partial charge < -0.3 is 23.7 Å². The molecular weight excluding hydrogens is 645 g/mol. The Hall–Kier alpha value is -2.26. The molecule has 2 rings (SSSR count). The van der Waals surface area contributed by atoms with Gasteiger partial charge in [-0.25, -0.2) is 0 Å². The number of hydrogen-bond acceptors (Lipinski definition) is 6. The van der Waals surface area contributed by atoms with Crippen molar-refractivity contribution in [3.8, 4) is 17.2 Å². The van der Waals surface area contributed by atoms with Crippen LogP contribution in [0.4, 0.5) is 0 Å².